The number of unbranched alkanes of at least 4 members (excludes halogenated alkanes) is 1. The normalized spacial score (nSPS) is 10.3. The molecule has 0 fully saturated rings. The third kappa shape index (κ3) is 4.37. The van der Waals surface area contributed by atoms with Gasteiger partial charge in [-0.2, -0.15) is 0 Å². The lowest BCUT2D eigenvalue weighted by Gasteiger charge is -2.09. The van der Waals surface area contributed by atoms with Crippen molar-refractivity contribution in [1.82, 2.24) is 0 Å². The van der Waals surface area contributed by atoms with E-state index in [1.165, 1.54) is 7.11 Å². The lowest BCUT2D eigenvalue weighted by atomic mass is 10.0. The summed E-state index contributed by atoms with van der Waals surface area (Å²) in [6.07, 6.45) is 2.84. The molecular weight excluding hydrogens is 230 g/mol. The van der Waals surface area contributed by atoms with Gasteiger partial charge >= 0.3 is 5.97 Å². The summed E-state index contributed by atoms with van der Waals surface area (Å²) in [5.41, 5.74) is 7.81. The highest BCUT2D eigenvalue weighted by Crippen LogP contribution is 2.15. The Morgan fingerprint density at radius 2 is 2.11 bits per heavy atom. The summed E-state index contributed by atoms with van der Waals surface area (Å²) in [6, 6.07) is 5.20. The van der Waals surface area contributed by atoms with Crippen molar-refractivity contribution >= 4 is 11.7 Å². The number of anilines is 1. The number of ether oxygens (including phenoxy) is 2. The van der Waals surface area contributed by atoms with Crippen molar-refractivity contribution in [1.29, 1.82) is 0 Å². The maximum Gasteiger partial charge on any atom is 0.338 e. The van der Waals surface area contributed by atoms with Gasteiger partial charge in [-0.05, 0) is 36.6 Å². The van der Waals surface area contributed by atoms with Crippen LogP contribution in [0, 0.1) is 0 Å². The van der Waals surface area contributed by atoms with Crippen molar-refractivity contribution < 1.29 is 14.3 Å². The van der Waals surface area contributed by atoms with Crippen LogP contribution in [0.4, 0.5) is 5.69 Å². The summed E-state index contributed by atoms with van der Waals surface area (Å²) >= 11 is 0. The fraction of sp³-hybridized carbons (Fsp3) is 0.500. The fourth-order valence-electron chi connectivity index (χ4n) is 1.66. The zero-order valence-corrected chi connectivity index (χ0v) is 11.1. The molecule has 0 spiro atoms. The molecule has 0 amide bonds. The number of methoxy groups -OCH3 is 1. The Bertz CT molecular complexity index is 391. The number of esters is 1. The van der Waals surface area contributed by atoms with Crippen LogP contribution in [0.3, 0.4) is 0 Å². The molecule has 0 atom stereocenters. The number of rotatable bonds is 7. The fourth-order valence-corrected chi connectivity index (χ4v) is 1.66. The molecule has 1 aromatic rings. The first-order valence-corrected chi connectivity index (χ1v) is 6.23. The van der Waals surface area contributed by atoms with E-state index < -0.39 is 0 Å². The lowest BCUT2D eigenvalue weighted by Crippen LogP contribution is -2.09. The summed E-state index contributed by atoms with van der Waals surface area (Å²) in [6.45, 7) is 3.47. The zero-order valence-electron chi connectivity index (χ0n) is 11.1. The van der Waals surface area contributed by atoms with Crippen molar-refractivity contribution in [2.45, 2.75) is 26.2 Å². The van der Waals surface area contributed by atoms with Gasteiger partial charge in [0.1, 0.15) is 0 Å². The molecule has 4 nitrogen and oxygen atoms in total. The van der Waals surface area contributed by atoms with Crippen LogP contribution in [0.15, 0.2) is 18.2 Å². The summed E-state index contributed by atoms with van der Waals surface area (Å²) in [5.74, 6) is -0.335. The van der Waals surface area contributed by atoms with Crippen LogP contribution in [-0.2, 0) is 15.9 Å². The molecular formula is C14H21NO3. The maximum absolute atomic E-state index is 11.6. The molecule has 0 saturated heterocycles. The second-order valence-corrected chi connectivity index (χ2v) is 4.12. The molecule has 0 saturated carbocycles. The van der Waals surface area contributed by atoms with Gasteiger partial charge in [0, 0.05) is 12.3 Å². The summed E-state index contributed by atoms with van der Waals surface area (Å²) in [7, 11) is 1.38. The first-order chi connectivity index (χ1) is 8.69. The minimum atomic E-state index is -0.335. The number of benzene rings is 1. The summed E-state index contributed by atoms with van der Waals surface area (Å²) in [4.78, 5) is 11.6. The number of nitrogens with two attached hydrogens (primary N) is 1. The van der Waals surface area contributed by atoms with E-state index in [-0.39, 0.29) is 5.97 Å². The number of hydrogen-bond donors (Lipinski definition) is 1. The smallest absolute Gasteiger partial charge is 0.338 e. The van der Waals surface area contributed by atoms with E-state index in [0.717, 1.165) is 25.0 Å². The van der Waals surface area contributed by atoms with Crippen molar-refractivity contribution in [3.05, 3.63) is 29.3 Å². The highest BCUT2D eigenvalue weighted by atomic mass is 16.5. The van der Waals surface area contributed by atoms with Crippen LogP contribution in [0.2, 0.25) is 0 Å². The quantitative estimate of drug-likeness (QED) is 0.459. The second-order valence-electron chi connectivity index (χ2n) is 4.12. The molecule has 0 aliphatic heterocycles. The van der Waals surface area contributed by atoms with Crippen molar-refractivity contribution in [3.63, 3.8) is 0 Å². The first kappa shape index (κ1) is 14.5. The van der Waals surface area contributed by atoms with Crippen LogP contribution in [-0.4, -0.2) is 26.3 Å². The van der Waals surface area contributed by atoms with Gasteiger partial charge in [-0.15, -0.1) is 0 Å². The molecule has 0 heterocycles. The van der Waals surface area contributed by atoms with Crippen LogP contribution in [0.25, 0.3) is 0 Å². The highest BCUT2D eigenvalue weighted by Gasteiger charge is 2.11. The van der Waals surface area contributed by atoms with Gasteiger partial charge < -0.3 is 15.2 Å². The van der Waals surface area contributed by atoms with E-state index in [9.17, 15) is 4.79 Å². The Kier molecular flexibility index (Phi) is 6.22. The number of carbonyl (C=O) groups is 1. The van der Waals surface area contributed by atoms with Gasteiger partial charge in [0.05, 0.1) is 19.3 Å². The first-order valence-electron chi connectivity index (χ1n) is 6.23. The van der Waals surface area contributed by atoms with Crippen LogP contribution in [0.1, 0.15) is 35.7 Å². The van der Waals surface area contributed by atoms with E-state index in [4.69, 9.17) is 15.2 Å². The van der Waals surface area contributed by atoms with Gasteiger partial charge in [-0.25, -0.2) is 4.79 Å². The number of carbonyl (C=O) groups excluding carboxylic acids is 1. The van der Waals surface area contributed by atoms with E-state index in [2.05, 4.69) is 6.92 Å². The van der Waals surface area contributed by atoms with Crippen molar-refractivity contribution in [2.24, 2.45) is 0 Å². The van der Waals surface area contributed by atoms with Gasteiger partial charge in [0.15, 0.2) is 0 Å². The van der Waals surface area contributed by atoms with E-state index in [0.29, 0.717) is 24.3 Å². The average molecular weight is 251 g/mol. The molecule has 18 heavy (non-hydrogen) atoms. The van der Waals surface area contributed by atoms with E-state index in [1.807, 2.05) is 0 Å². The maximum atomic E-state index is 11.6. The van der Waals surface area contributed by atoms with Crippen LogP contribution < -0.4 is 5.73 Å². The number of hydrogen-bond acceptors (Lipinski definition) is 4. The number of nitrogen functional groups attached to an aromatic ring is 1. The zero-order chi connectivity index (χ0) is 13.4. The standard InChI is InChI=1S/C14H21NO3/c1-3-4-8-18-9-7-11-10-12(15)5-6-13(11)14(16)17-2/h5-6,10H,3-4,7-9,15H2,1-2H3. The third-order valence-corrected chi connectivity index (χ3v) is 2.69. The molecule has 0 bridgehead atoms. The average Bonchev–Trinajstić information content (AvgIpc) is 2.38. The molecule has 1 rings (SSSR count). The molecule has 0 aromatic heterocycles. The Hall–Kier alpha value is -1.55. The minimum Gasteiger partial charge on any atom is -0.465 e. The third-order valence-electron chi connectivity index (χ3n) is 2.69. The summed E-state index contributed by atoms with van der Waals surface area (Å²) < 4.78 is 10.2. The summed E-state index contributed by atoms with van der Waals surface area (Å²) in [5, 5.41) is 0. The van der Waals surface area contributed by atoms with E-state index in [1.54, 1.807) is 18.2 Å². The molecule has 2 N–H and O–H groups in total. The Labute approximate surface area is 108 Å². The SMILES string of the molecule is CCCCOCCc1cc(N)ccc1C(=O)OC. The molecule has 0 radical (unpaired) electrons. The van der Waals surface area contributed by atoms with Gasteiger partial charge in [-0.3, -0.25) is 0 Å². The minimum absolute atomic E-state index is 0.335. The molecule has 4 heteroatoms. The van der Waals surface area contributed by atoms with Gasteiger partial charge in [0.25, 0.3) is 0 Å². The molecule has 100 valence electrons. The van der Waals surface area contributed by atoms with Crippen LogP contribution >= 0.6 is 0 Å². The van der Waals surface area contributed by atoms with Gasteiger partial charge in [0.2, 0.25) is 0 Å². The predicted molar refractivity (Wildman–Crippen MR) is 71.6 cm³/mol. The Morgan fingerprint density at radius 1 is 1.33 bits per heavy atom. The highest BCUT2D eigenvalue weighted by molar-refractivity contribution is 5.91. The molecule has 1 aromatic carbocycles. The topological polar surface area (TPSA) is 61.5 Å². The predicted octanol–water partition coefficient (Wildman–Crippen LogP) is 2.41. The second kappa shape index (κ2) is 7.71. The van der Waals surface area contributed by atoms with Gasteiger partial charge in [-0.1, -0.05) is 13.3 Å². The van der Waals surface area contributed by atoms with Crippen molar-refractivity contribution in [2.75, 3.05) is 26.1 Å². The van der Waals surface area contributed by atoms with E-state index >= 15 is 0 Å². The molecule has 0 aliphatic carbocycles. The molecule has 0 aliphatic rings. The molecule has 0 unspecified atom stereocenters. The largest absolute Gasteiger partial charge is 0.465 e. The lowest BCUT2D eigenvalue weighted by molar-refractivity contribution is 0.0598. The van der Waals surface area contributed by atoms with Crippen molar-refractivity contribution in [3.8, 4) is 0 Å². The van der Waals surface area contributed by atoms with Crippen LogP contribution in [0.5, 0.6) is 0 Å². The monoisotopic (exact) mass is 251 g/mol. The Morgan fingerprint density at radius 3 is 2.78 bits per heavy atom. The Balaban J connectivity index is 2.62.